The third kappa shape index (κ3) is 3.89. The average molecular weight is 488 g/mol. The number of carbonyl (C=O) groups is 1. The Balaban J connectivity index is 1.46. The number of halogens is 2. The molecule has 2 heterocycles. The lowest BCUT2D eigenvalue weighted by atomic mass is 10.2. The van der Waals surface area contributed by atoms with Gasteiger partial charge >= 0.3 is 5.91 Å². The zero-order valence-corrected chi connectivity index (χ0v) is 17.0. The molecule has 0 saturated carbocycles. The summed E-state index contributed by atoms with van der Waals surface area (Å²) >= 11 is 6.83. The van der Waals surface area contributed by atoms with Gasteiger partial charge in [0.2, 0.25) is 0 Å². The quantitative estimate of drug-likeness (QED) is 0.284. The molecular weight excluding hydrogens is 476 g/mol. The van der Waals surface area contributed by atoms with Crippen molar-refractivity contribution in [1.82, 2.24) is 5.43 Å². The Bertz CT molecular complexity index is 1150. The summed E-state index contributed by atoms with van der Waals surface area (Å²) in [7, 11) is 0. The normalized spacial score (nSPS) is 11.3. The predicted molar refractivity (Wildman–Crippen MR) is 111 cm³/mol. The number of nitrogens with one attached hydrogen (secondary N) is 1. The molecule has 0 saturated heterocycles. The van der Waals surface area contributed by atoms with E-state index in [-0.39, 0.29) is 5.76 Å². The van der Waals surface area contributed by atoms with Gasteiger partial charge in [0.15, 0.2) is 5.76 Å². The topological polar surface area (TPSA) is 67.7 Å². The van der Waals surface area contributed by atoms with Crippen molar-refractivity contribution in [1.29, 1.82) is 0 Å². The number of hydrogen-bond donors (Lipinski definition) is 1. The van der Waals surface area contributed by atoms with E-state index < -0.39 is 5.91 Å². The van der Waals surface area contributed by atoms with Crippen molar-refractivity contribution in [3.8, 4) is 11.3 Å². The molecule has 2 aromatic carbocycles. The second-order valence-electron chi connectivity index (χ2n) is 5.68. The van der Waals surface area contributed by atoms with Gasteiger partial charge in [-0.25, -0.2) is 5.43 Å². The largest absolute Gasteiger partial charge is 0.455 e. The van der Waals surface area contributed by atoms with Crippen LogP contribution in [0.25, 0.3) is 22.3 Å². The maximum atomic E-state index is 12.3. The first kappa shape index (κ1) is 17.8. The molecule has 134 valence electrons. The van der Waals surface area contributed by atoms with E-state index in [4.69, 9.17) is 8.83 Å². The fraction of sp³-hybridized carbons (Fsp3) is 0. The van der Waals surface area contributed by atoms with E-state index in [1.807, 2.05) is 48.5 Å². The standard InChI is InChI=1S/C20H12Br2N2O3/c21-14-8-13-9-18(27-19(13)16(22)10-14)20(25)24-23-11-15-6-7-17(26-15)12-4-2-1-3-5-12/h1-11H,(H,24,25)/b23-11-. The summed E-state index contributed by atoms with van der Waals surface area (Å²) in [6.07, 6.45) is 1.44. The van der Waals surface area contributed by atoms with Gasteiger partial charge in [-0.1, -0.05) is 46.3 Å². The smallest absolute Gasteiger partial charge is 0.307 e. The lowest BCUT2D eigenvalue weighted by molar-refractivity contribution is 0.0929. The minimum atomic E-state index is -0.444. The maximum Gasteiger partial charge on any atom is 0.307 e. The van der Waals surface area contributed by atoms with Crippen LogP contribution in [0.5, 0.6) is 0 Å². The van der Waals surface area contributed by atoms with E-state index in [1.165, 1.54) is 6.21 Å². The van der Waals surface area contributed by atoms with E-state index in [1.54, 1.807) is 12.1 Å². The minimum absolute atomic E-state index is 0.172. The molecule has 0 fully saturated rings. The van der Waals surface area contributed by atoms with E-state index in [9.17, 15) is 4.79 Å². The molecule has 1 N–H and O–H groups in total. The first-order valence-corrected chi connectivity index (χ1v) is 9.56. The van der Waals surface area contributed by atoms with Gasteiger partial charge in [-0.05, 0) is 46.3 Å². The first-order valence-electron chi connectivity index (χ1n) is 7.97. The molecule has 0 aliphatic carbocycles. The first-order chi connectivity index (χ1) is 13.1. The fourth-order valence-corrected chi connectivity index (χ4v) is 3.92. The number of amides is 1. The highest BCUT2D eigenvalue weighted by Crippen LogP contribution is 2.31. The summed E-state index contributed by atoms with van der Waals surface area (Å²) in [4.78, 5) is 12.3. The highest BCUT2D eigenvalue weighted by Gasteiger charge is 2.14. The van der Waals surface area contributed by atoms with Crippen molar-refractivity contribution in [2.75, 3.05) is 0 Å². The Morgan fingerprint density at radius 2 is 1.81 bits per heavy atom. The number of hydrogen-bond acceptors (Lipinski definition) is 4. The zero-order valence-electron chi connectivity index (χ0n) is 13.8. The zero-order chi connectivity index (χ0) is 18.8. The summed E-state index contributed by atoms with van der Waals surface area (Å²) in [5.74, 6) is 0.993. The highest BCUT2D eigenvalue weighted by atomic mass is 79.9. The van der Waals surface area contributed by atoms with Crippen LogP contribution in [0, 0.1) is 0 Å². The minimum Gasteiger partial charge on any atom is -0.455 e. The maximum absolute atomic E-state index is 12.3. The van der Waals surface area contributed by atoms with Crippen LogP contribution >= 0.6 is 31.9 Å². The Morgan fingerprint density at radius 1 is 1.00 bits per heavy atom. The summed E-state index contributed by atoms with van der Waals surface area (Å²) in [6, 6.07) is 18.8. The van der Waals surface area contributed by atoms with E-state index in [2.05, 4.69) is 42.4 Å². The van der Waals surface area contributed by atoms with Crippen molar-refractivity contribution in [2.24, 2.45) is 5.10 Å². The second kappa shape index (κ2) is 7.54. The van der Waals surface area contributed by atoms with Crippen molar-refractivity contribution in [3.05, 3.63) is 81.1 Å². The van der Waals surface area contributed by atoms with Gasteiger partial charge in [-0.15, -0.1) is 0 Å². The van der Waals surface area contributed by atoms with Crippen molar-refractivity contribution in [3.63, 3.8) is 0 Å². The molecule has 4 aromatic rings. The van der Waals surface area contributed by atoms with Gasteiger partial charge in [0.05, 0.1) is 10.7 Å². The molecule has 0 aliphatic heterocycles. The van der Waals surface area contributed by atoms with Crippen LogP contribution in [0.15, 0.2) is 83.5 Å². The number of furan rings is 2. The third-order valence-electron chi connectivity index (χ3n) is 3.80. The van der Waals surface area contributed by atoms with Gasteiger partial charge < -0.3 is 8.83 Å². The third-order valence-corrected chi connectivity index (χ3v) is 4.85. The number of carbonyl (C=O) groups excluding carboxylic acids is 1. The molecule has 27 heavy (non-hydrogen) atoms. The van der Waals surface area contributed by atoms with E-state index in [0.29, 0.717) is 11.3 Å². The van der Waals surface area contributed by atoms with Gasteiger partial charge in [0.1, 0.15) is 17.1 Å². The predicted octanol–water partition coefficient (Wildman–Crippen LogP) is 5.98. The van der Waals surface area contributed by atoms with Crippen LogP contribution in [-0.2, 0) is 0 Å². The molecule has 1 amide bonds. The van der Waals surface area contributed by atoms with Crippen molar-refractivity contribution >= 4 is 55.0 Å². The van der Waals surface area contributed by atoms with E-state index in [0.717, 1.165) is 25.7 Å². The second-order valence-corrected chi connectivity index (χ2v) is 7.45. The SMILES string of the molecule is O=C(N/N=C\c1ccc(-c2ccccc2)o1)c1cc2cc(Br)cc(Br)c2o1. The molecule has 0 bridgehead atoms. The van der Waals surface area contributed by atoms with Crippen LogP contribution in [0.3, 0.4) is 0 Å². The molecular formula is C20H12Br2N2O3. The van der Waals surface area contributed by atoms with Crippen LogP contribution in [0.4, 0.5) is 0 Å². The highest BCUT2D eigenvalue weighted by molar-refractivity contribution is 9.11. The molecule has 0 atom stereocenters. The Hall–Kier alpha value is -2.64. The van der Waals surface area contributed by atoms with Crippen molar-refractivity contribution < 1.29 is 13.6 Å². The van der Waals surface area contributed by atoms with Crippen LogP contribution in [-0.4, -0.2) is 12.1 Å². The number of benzene rings is 2. The number of fused-ring (bicyclic) bond motifs is 1. The van der Waals surface area contributed by atoms with Crippen LogP contribution < -0.4 is 5.43 Å². The van der Waals surface area contributed by atoms with Gasteiger partial charge in [-0.3, -0.25) is 4.79 Å². The number of hydrazone groups is 1. The number of nitrogens with zero attached hydrogens (tertiary/aromatic N) is 1. The van der Waals surface area contributed by atoms with Gasteiger partial charge in [-0.2, -0.15) is 5.10 Å². The lowest BCUT2D eigenvalue weighted by Gasteiger charge is -1.96. The molecule has 4 rings (SSSR count). The van der Waals surface area contributed by atoms with Crippen molar-refractivity contribution in [2.45, 2.75) is 0 Å². The summed E-state index contributed by atoms with van der Waals surface area (Å²) in [6.45, 7) is 0. The van der Waals surface area contributed by atoms with Crippen LogP contribution in [0.2, 0.25) is 0 Å². The Labute approximate surface area is 171 Å². The molecule has 0 spiro atoms. The molecule has 0 radical (unpaired) electrons. The number of rotatable bonds is 4. The van der Waals surface area contributed by atoms with Gasteiger partial charge in [0, 0.05) is 15.4 Å². The summed E-state index contributed by atoms with van der Waals surface area (Å²) < 4.78 is 13.0. The monoisotopic (exact) mass is 486 g/mol. The molecule has 5 nitrogen and oxygen atoms in total. The lowest BCUT2D eigenvalue weighted by Crippen LogP contribution is -2.16. The molecule has 0 aliphatic rings. The Kier molecular flexibility index (Phi) is 4.96. The summed E-state index contributed by atoms with van der Waals surface area (Å²) in [5.41, 5.74) is 4.02. The fourth-order valence-electron chi connectivity index (χ4n) is 2.58. The van der Waals surface area contributed by atoms with Gasteiger partial charge in [0.25, 0.3) is 0 Å². The average Bonchev–Trinajstić information content (AvgIpc) is 3.29. The molecule has 2 aromatic heterocycles. The van der Waals surface area contributed by atoms with E-state index >= 15 is 0 Å². The molecule has 0 unspecified atom stereocenters. The molecule has 7 heteroatoms. The summed E-state index contributed by atoms with van der Waals surface area (Å²) in [5, 5.41) is 4.74. The Morgan fingerprint density at radius 3 is 2.63 bits per heavy atom. The van der Waals surface area contributed by atoms with Crippen LogP contribution in [0.1, 0.15) is 16.3 Å².